The summed E-state index contributed by atoms with van der Waals surface area (Å²) in [5, 5.41) is 0. The Hall–Kier alpha value is -2.16. The molecule has 0 spiro atoms. The first-order valence-corrected chi connectivity index (χ1v) is 5.61. The van der Waals surface area contributed by atoms with Gasteiger partial charge in [-0.15, -0.1) is 0 Å². The number of para-hydroxylation sites is 2. The summed E-state index contributed by atoms with van der Waals surface area (Å²) in [6.07, 6.45) is 1.81. The Morgan fingerprint density at radius 1 is 1.06 bits per heavy atom. The summed E-state index contributed by atoms with van der Waals surface area (Å²) in [6.45, 7) is 2.01. The molecule has 2 aromatic heterocycles. The van der Waals surface area contributed by atoms with E-state index < -0.39 is 0 Å². The maximum Gasteiger partial charge on any atom is 0.142 e. The Labute approximate surface area is 99.8 Å². The minimum absolute atomic E-state index is 0.969. The molecule has 0 N–H and O–H groups in total. The van der Waals surface area contributed by atoms with Gasteiger partial charge in [-0.25, -0.2) is 4.98 Å². The highest BCUT2D eigenvalue weighted by Gasteiger charge is 2.11. The van der Waals surface area contributed by atoms with Crippen LogP contribution in [0.5, 0.6) is 0 Å². The summed E-state index contributed by atoms with van der Waals surface area (Å²) >= 11 is 0. The van der Waals surface area contributed by atoms with Crippen molar-refractivity contribution < 1.29 is 0 Å². The second-order valence-electron chi connectivity index (χ2n) is 4.12. The van der Waals surface area contributed by atoms with Gasteiger partial charge in [0.2, 0.25) is 0 Å². The van der Waals surface area contributed by atoms with E-state index >= 15 is 0 Å². The molecule has 0 aliphatic rings. The summed E-state index contributed by atoms with van der Waals surface area (Å²) < 4.78 is 2.11. The van der Waals surface area contributed by atoms with Gasteiger partial charge in [0.05, 0.1) is 11.0 Å². The van der Waals surface area contributed by atoms with Gasteiger partial charge in [-0.1, -0.05) is 12.1 Å². The van der Waals surface area contributed by atoms with E-state index in [4.69, 9.17) is 0 Å². The van der Waals surface area contributed by atoms with Crippen LogP contribution in [0.4, 0.5) is 0 Å². The van der Waals surface area contributed by atoms with Crippen LogP contribution < -0.4 is 0 Å². The lowest BCUT2D eigenvalue weighted by molar-refractivity contribution is 0.953. The predicted molar refractivity (Wildman–Crippen MR) is 68.7 cm³/mol. The fraction of sp³-hybridized carbons (Fsp3) is 0.143. The molecule has 0 atom stereocenters. The summed E-state index contributed by atoms with van der Waals surface area (Å²) in [6, 6.07) is 12.2. The zero-order valence-corrected chi connectivity index (χ0v) is 9.88. The molecular weight excluding hydrogens is 210 g/mol. The second-order valence-corrected chi connectivity index (χ2v) is 4.12. The van der Waals surface area contributed by atoms with Crippen molar-refractivity contribution in [1.29, 1.82) is 0 Å². The van der Waals surface area contributed by atoms with Crippen molar-refractivity contribution in [3.05, 3.63) is 48.3 Å². The number of pyridine rings is 1. The standard InChI is InChI=1S/C14H13N3/c1-10-11(6-5-9-15-10)14-16-12-7-3-4-8-13(12)17(14)2/h3-9H,1-2H3. The first-order chi connectivity index (χ1) is 8.27. The molecule has 3 rings (SSSR count). The fourth-order valence-corrected chi connectivity index (χ4v) is 2.11. The molecule has 84 valence electrons. The van der Waals surface area contributed by atoms with Crippen LogP contribution in [0.25, 0.3) is 22.4 Å². The molecule has 3 aromatic rings. The Morgan fingerprint density at radius 2 is 1.88 bits per heavy atom. The summed E-state index contributed by atoms with van der Waals surface area (Å²) in [4.78, 5) is 8.98. The van der Waals surface area contributed by atoms with Crippen molar-refractivity contribution in [2.75, 3.05) is 0 Å². The van der Waals surface area contributed by atoms with Gasteiger partial charge >= 0.3 is 0 Å². The molecule has 0 amide bonds. The van der Waals surface area contributed by atoms with Crippen LogP contribution in [-0.4, -0.2) is 14.5 Å². The highest BCUT2D eigenvalue weighted by atomic mass is 15.1. The summed E-state index contributed by atoms with van der Waals surface area (Å²) in [5.41, 5.74) is 4.26. The van der Waals surface area contributed by atoms with E-state index in [-0.39, 0.29) is 0 Å². The molecule has 0 aliphatic carbocycles. The zero-order valence-electron chi connectivity index (χ0n) is 9.88. The van der Waals surface area contributed by atoms with E-state index in [0.29, 0.717) is 0 Å². The van der Waals surface area contributed by atoms with Gasteiger partial charge in [-0.3, -0.25) is 4.98 Å². The molecule has 0 radical (unpaired) electrons. The predicted octanol–water partition coefficient (Wildman–Crippen LogP) is 2.94. The molecule has 0 unspecified atom stereocenters. The van der Waals surface area contributed by atoms with Crippen LogP contribution in [0.15, 0.2) is 42.6 Å². The minimum Gasteiger partial charge on any atom is -0.327 e. The quantitative estimate of drug-likeness (QED) is 0.635. The normalized spacial score (nSPS) is 10.9. The van der Waals surface area contributed by atoms with Crippen LogP contribution in [-0.2, 0) is 7.05 Å². The Balaban J connectivity index is 2.32. The number of aryl methyl sites for hydroxylation is 2. The van der Waals surface area contributed by atoms with Crippen LogP contribution >= 0.6 is 0 Å². The van der Waals surface area contributed by atoms with Gasteiger partial charge in [0.15, 0.2) is 0 Å². The van der Waals surface area contributed by atoms with Crippen LogP contribution in [0.1, 0.15) is 5.69 Å². The molecule has 17 heavy (non-hydrogen) atoms. The fourth-order valence-electron chi connectivity index (χ4n) is 2.11. The average molecular weight is 223 g/mol. The highest BCUT2D eigenvalue weighted by Crippen LogP contribution is 2.24. The minimum atomic E-state index is 0.969. The molecule has 0 aliphatic heterocycles. The zero-order chi connectivity index (χ0) is 11.8. The number of rotatable bonds is 1. The van der Waals surface area contributed by atoms with Crippen molar-refractivity contribution in [2.45, 2.75) is 6.92 Å². The monoisotopic (exact) mass is 223 g/mol. The van der Waals surface area contributed by atoms with Gasteiger partial charge < -0.3 is 4.57 Å². The van der Waals surface area contributed by atoms with Crippen LogP contribution in [0.3, 0.4) is 0 Å². The number of aromatic nitrogens is 3. The number of imidazole rings is 1. The highest BCUT2D eigenvalue weighted by molar-refractivity contribution is 5.80. The third-order valence-corrected chi connectivity index (χ3v) is 3.03. The largest absolute Gasteiger partial charge is 0.327 e. The van der Waals surface area contributed by atoms with Crippen molar-refractivity contribution >= 4 is 11.0 Å². The van der Waals surface area contributed by atoms with E-state index in [0.717, 1.165) is 28.1 Å². The molecule has 2 heterocycles. The van der Waals surface area contributed by atoms with E-state index in [1.807, 2.05) is 44.4 Å². The Morgan fingerprint density at radius 3 is 2.65 bits per heavy atom. The van der Waals surface area contributed by atoms with Crippen molar-refractivity contribution in [2.24, 2.45) is 7.05 Å². The first-order valence-electron chi connectivity index (χ1n) is 5.61. The third kappa shape index (κ3) is 1.51. The van der Waals surface area contributed by atoms with E-state index in [1.54, 1.807) is 0 Å². The van der Waals surface area contributed by atoms with Gasteiger partial charge in [-0.05, 0) is 31.2 Å². The molecular formula is C14H13N3. The Bertz CT molecular complexity index is 683. The van der Waals surface area contributed by atoms with E-state index in [1.165, 1.54) is 0 Å². The molecule has 0 saturated heterocycles. The maximum atomic E-state index is 4.67. The molecule has 3 nitrogen and oxygen atoms in total. The smallest absolute Gasteiger partial charge is 0.142 e. The van der Waals surface area contributed by atoms with E-state index in [9.17, 15) is 0 Å². The van der Waals surface area contributed by atoms with Crippen LogP contribution in [0.2, 0.25) is 0 Å². The van der Waals surface area contributed by atoms with Crippen LogP contribution in [0, 0.1) is 6.92 Å². The molecule has 3 heteroatoms. The molecule has 0 fully saturated rings. The number of hydrogen-bond donors (Lipinski definition) is 0. The number of hydrogen-bond acceptors (Lipinski definition) is 2. The SMILES string of the molecule is Cc1ncccc1-c1nc2ccccc2n1C. The number of nitrogens with zero attached hydrogens (tertiary/aromatic N) is 3. The topological polar surface area (TPSA) is 30.7 Å². The van der Waals surface area contributed by atoms with Crippen molar-refractivity contribution in [1.82, 2.24) is 14.5 Å². The summed E-state index contributed by atoms with van der Waals surface area (Å²) in [5.74, 6) is 0.969. The van der Waals surface area contributed by atoms with E-state index in [2.05, 4.69) is 26.7 Å². The van der Waals surface area contributed by atoms with Crippen molar-refractivity contribution in [3.8, 4) is 11.4 Å². The third-order valence-electron chi connectivity index (χ3n) is 3.03. The number of benzene rings is 1. The van der Waals surface area contributed by atoms with Crippen molar-refractivity contribution in [3.63, 3.8) is 0 Å². The first kappa shape index (κ1) is 10.0. The molecule has 1 aromatic carbocycles. The number of fused-ring (bicyclic) bond motifs is 1. The lowest BCUT2D eigenvalue weighted by Crippen LogP contribution is -1.95. The summed E-state index contributed by atoms with van der Waals surface area (Å²) in [7, 11) is 2.04. The van der Waals surface area contributed by atoms with Gasteiger partial charge in [-0.2, -0.15) is 0 Å². The lowest BCUT2D eigenvalue weighted by Gasteiger charge is -2.04. The van der Waals surface area contributed by atoms with Gasteiger partial charge in [0.25, 0.3) is 0 Å². The second kappa shape index (κ2) is 3.70. The molecule has 0 saturated carbocycles. The maximum absolute atomic E-state index is 4.67. The Kier molecular flexibility index (Phi) is 2.18. The lowest BCUT2D eigenvalue weighted by atomic mass is 10.2. The molecule has 0 bridgehead atoms. The average Bonchev–Trinajstić information content (AvgIpc) is 2.68. The van der Waals surface area contributed by atoms with Gasteiger partial charge in [0.1, 0.15) is 5.82 Å². The van der Waals surface area contributed by atoms with Gasteiger partial charge in [0, 0.05) is 24.5 Å².